The van der Waals surface area contributed by atoms with Crippen molar-refractivity contribution < 1.29 is 19.4 Å². The minimum Gasteiger partial charge on any atom is -0.497 e. The van der Waals surface area contributed by atoms with Crippen LogP contribution in [0.2, 0.25) is 0 Å². The molecule has 0 amide bonds. The highest BCUT2D eigenvalue weighted by Crippen LogP contribution is 2.47. The summed E-state index contributed by atoms with van der Waals surface area (Å²) >= 11 is 0. The van der Waals surface area contributed by atoms with E-state index in [0.29, 0.717) is 0 Å². The van der Waals surface area contributed by atoms with E-state index in [9.17, 15) is 9.90 Å². The lowest BCUT2D eigenvalue weighted by Crippen LogP contribution is -2.26. The maximum atomic E-state index is 11.2. The maximum absolute atomic E-state index is 11.2. The molecule has 1 saturated carbocycles. The third-order valence-corrected chi connectivity index (χ3v) is 4.03. The van der Waals surface area contributed by atoms with Crippen molar-refractivity contribution in [2.45, 2.75) is 37.5 Å². The van der Waals surface area contributed by atoms with E-state index in [1.54, 1.807) is 14.2 Å². The summed E-state index contributed by atoms with van der Waals surface area (Å²) in [7, 11) is 3.22. The van der Waals surface area contributed by atoms with E-state index < -0.39 is 5.97 Å². The molecule has 2 rings (SSSR count). The third kappa shape index (κ3) is 2.67. The number of carbonyl (C=O) groups is 1. The zero-order valence-electron chi connectivity index (χ0n) is 11.4. The first-order valence-electron chi connectivity index (χ1n) is 6.55. The Kier molecular flexibility index (Phi) is 3.98. The molecule has 0 spiro atoms. The largest absolute Gasteiger partial charge is 0.497 e. The van der Waals surface area contributed by atoms with Crippen molar-refractivity contribution in [2.75, 3.05) is 14.2 Å². The first kappa shape index (κ1) is 13.7. The average molecular weight is 264 g/mol. The molecule has 0 bridgehead atoms. The van der Waals surface area contributed by atoms with E-state index in [4.69, 9.17) is 9.47 Å². The predicted octanol–water partition coefficient (Wildman–Crippen LogP) is 2.99. The van der Waals surface area contributed by atoms with Gasteiger partial charge in [-0.3, -0.25) is 4.79 Å². The highest BCUT2D eigenvalue weighted by atomic mass is 16.5. The lowest BCUT2D eigenvalue weighted by atomic mass is 9.75. The van der Waals surface area contributed by atoms with E-state index in [-0.39, 0.29) is 11.8 Å². The van der Waals surface area contributed by atoms with Gasteiger partial charge in [-0.1, -0.05) is 18.9 Å². The number of carboxylic acids is 1. The van der Waals surface area contributed by atoms with Crippen molar-refractivity contribution in [1.82, 2.24) is 0 Å². The SMILES string of the molecule is COc1ccc(C2(CC(=O)O)CCCC2)c(OC)c1. The minimum absolute atomic E-state index is 0.162. The standard InChI is InChI=1S/C15H20O4/c1-18-11-5-6-12(13(9-11)19-2)15(10-14(16)17)7-3-4-8-15/h5-6,9H,3-4,7-8,10H2,1-2H3,(H,16,17). The fourth-order valence-corrected chi connectivity index (χ4v) is 3.12. The van der Waals surface area contributed by atoms with Gasteiger partial charge in [0.2, 0.25) is 0 Å². The molecule has 0 saturated heterocycles. The van der Waals surface area contributed by atoms with E-state index in [2.05, 4.69) is 0 Å². The number of methoxy groups -OCH3 is 2. The summed E-state index contributed by atoms with van der Waals surface area (Å²) in [4.78, 5) is 11.2. The van der Waals surface area contributed by atoms with Gasteiger partial charge in [-0.2, -0.15) is 0 Å². The molecule has 1 aliphatic carbocycles. The fourth-order valence-electron chi connectivity index (χ4n) is 3.12. The first-order valence-corrected chi connectivity index (χ1v) is 6.55. The number of hydrogen-bond acceptors (Lipinski definition) is 3. The van der Waals surface area contributed by atoms with E-state index in [1.807, 2.05) is 18.2 Å². The Hall–Kier alpha value is -1.71. The summed E-state index contributed by atoms with van der Waals surface area (Å²) in [5.41, 5.74) is 0.708. The van der Waals surface area contributed by atoms with E-state index in [1.165, 1.54) is 0 Å². The Balaban J connectivity index is 2.44. The lowest BCUT2D eigenvalue weighted by Gasteiger charge is -2.29. The Morgan fingerprint density at radius 1 is 1.26 bits per heavy atom. The van der Waals surface area contributed by atoms with Gasteiger partial charge in [0.1, 0.15) is 11.5 Å². The summed E-state index contributed by atoms with van der Waals surface area (Å²) in [5, 5.41) is 9.20. The molecule has 0 atom stereocenters. The van der Waals surface area contributed by atoms with Gasteiger partial charge < -0.3 is 14.6 Å². The monoisotopic (exact) mass is 264 g/mol. The maximum Gasteiger partial charge on any atom is 0.304 e. The molecule has 104 valence electrons. The second kappa shape index (κ2) is 5.51. The molecule has 0 aliphatic heterocycles. The van der Waals surface area contributed by atoms with Crippen LogP contribution in [0.15, 0.2) is 18.2 Å². The fraction of sp³-hybridized carbons (Fsp3) is 0.533. The summed E-state index contributed by atoms with van der Waals surface area (Å²) in [6, 6.07) is 5.66. The number of carboxylic acid groups (broad SMARTS) is 1. The van der Waals surface area contributed by atoms with Crippen molar-refractivity contribution in [3.8, 4) is 11.5 Å². The second-order valence-electron chi connectivity index (χ2n) is 5.12. The number of benzene rings is 1. The Morgan fingerprint density at radius 2 is 1.95 bits per heavy atom. The van der Waals surface area contributed by atoms with Crippen LogP contribution in [-0.4, -0.2) is 25.3 Å². The predicted molar refractivity (Wildman–Crippen MR) is 71.9 cm³/mol. The normalized spacial score (nSPS) is 17.2. The first-order chi connectivity index (χ1) is 9.11. The van der Waals surface area contributed by atoms with Gasteiger partial charge in [0.25, 0.3) is 0 Å². The Morgan fingerprint density at radius 3 is 2.47 bits per heavy atom. The molecule has 0 radical (unpaired) electrons. The minimum atomic E-state index is -0.750. The van der Waals surface area contributed by atoms with Crippen LogP contribution in [0, 0.1) is 0 Å². The van der Waals surface area contributed by atoms with Gasteiger partial charge in [0, 0.05) is 17.0 Å². The molecule has 19 heavy (non-hydrogen) atoms. The third-order valence-electron chi connectivity index (χ3n) is 4.03. The zero-order valence-corrected chi connectivity index (χ0v) is 11.4. The van der Waals surface area contributed by atoms with Gasteiger partial charge in [0.15, 0.2) is 0 Å². The molecular weight excluding hydrogens is 244 g/mol. The van der Waals surface area contributed by atoms with Crippen molar-refractivity contribution in [1.29, 1.82) is 0 Å². The van der Waals surface area contributed by atoms with Gasteiger partial charge in [-0.05, 0) is 18.9 Å². The van der Waals surface area contributed by atoms with Crippen LogP contribution in [0.5, 0.6) is 11.5 Å². The van der Waals surface area contributed by atoms with Gasteiger partial charge in [0.05, 0.1) is 20.6 Å². The summed E-state index contributed by atoms with van der Waals surface area (Å²) in [6.07, 6.45) is 4.12. The van der Waals surface area contributed by atoms with E-state index in [0.717, 1.165) is 42.7 Å². The number of ether oxygens (including phenoxy) is 2. The van der Waals surface area contributed by atoms with Crippen LogP contribution >= 0.6 is 0 Å². The second-order valence-corrected chi connectivity index (χ2v) is 5.12. The zero-order chi connectivity index (χ0) is 13.9. The quantitative estimate of drug-likeness (QED) is 0.888. The lowest BCUT2D eigenvalue weighted by molar-refractivity contribution is -0.138. The van der Waals surface area contributed by atoms with Crippen LogP contribution in [0.25, 0.3) is 0 Å². The highest BCUT2D eigenvalue weighted by Gasteiger charge is 2.39. The molecule has 0 aromatic heterocycles. The number of hydrogen-bond donors (Lipinski definition) is 1. The van der Waals surface area contributed by atoms with Crippen LogP contribution in [0.3, 0.4) is 0 Å². The van der Waals surface area contributed by atoms with Crippen LogP contribution < -0.4 is 9.47 Å². The molecule has 1 fully saturated rings. The molecule has 1 aromatic carbocycles. The average Bonchev–Trinajstić information content (AvgIpc) is 2.86. The van der Waals surface area contributed by atoms with Gasteiger partial charge in [-0.15, -0.1) is 0 Å². The van der Waals surface area contributed by atoms with Crippen molar-refractivity contribution >= 4 is 5.97 Å². The molecular formula is C15H20O4. The van der Waals surface area contributed by atoms with Crippen molar-refractivity contribution in [2.24, 2.45) is 0 Å². The summed E-state index contributed by atoms with van der Waals surface area (Å²) in [6.45, 7) is 0. The molecule has 4 heteroatoms. The van der Waals surface area contributed by atoms with Crippen molar-refractivity contribution in [3.05, 3.63) is 23.8 Å². The molecule has 1 aromatic rings. The Bertz CT molecular complexity index is 461. The molecule has 0 heterocycles. The van der Waals surface area contributed by atoms with Crippen LogP contribution in [0.1, 0.15) is 37.7 Å². The highest BCUT2D eigenvalue weighted by molar-refractivity contribution is 5.69. The van der Waals surface area contributed by atoms with Crippen LogP contribution in [0.4, 0.5) is 0 Å². The topological polar surface area (TPSA) is 55.8 Å². The Labute approximate surface area is 113 Å². The van der Waals surface area contributed by atoms with Crippen molar-refractivity contribution in [3.63, 3.8) is 0 Å². The smallest absolute Gasteiger partial charge is 0.304 e. The van der Waals surface area contributed by atoms with Gasteiger partial charge in [-0.25, -0.2) is 0 Å². The summed E-state index contributed by atoms with van der Waals surface area (Å²) < 4.78 is 10.6. The van der Waals surface area contributed by atoms with E-state index >= 15 is 0 Å². The number of rotatable bonds is 5. The molecule has 1 N–H and O–H groups in total. The van der Waals surface area contributed by atoms with Gasteiger partial charge >= 0.3 is 5.97 Å². The summed E-state index contributed by atoms with van der Waals surface area (Å²) in [5.74, 6) is 0.700. The molecule has 0 unspecified atom stereocenters. The van der Waals surface area contributed by atoms with Crippen LogP contribution in [-0.2, 0) is 10.2 Å². The molecule has 4 nitrogen and oxygen atoms in total. The molecule has 1 aliphatic rings. The number of aliphatic carboxylic acids is 1.